The first-order valence-electron chi connectivity index (χ1n) is 7.89. The van der Waals surface area contributed by atoms with Gasteiger partial charge in [-0.15, -0.1) is 23.6 Å². The van der Waals surface area contributed by atoms with Crippen molar-refractivity contribution in [3.8, 4) is 10.6 Å². The molecule has 0 unspecified atom stereocenters. The van der Waals surface area contributed by atoms with Gasteiger partial charge in [-0.05, 0) is 35.4 Å². The number of fused-ring (bicyclic) bond motifs is 1. The Hall–Kier alpha value is -1.81. The van der Waals surface area contributed by atoms with Crippen LogP contribution in [0.2, 0.25) is 0 Å². The summed E-state index contributed by atoms with van der Waals surface area (Å²) in [6.07, 6.45) is 3.27. The molecule has 2 aromatic heterocycles. The van der Waals surface area contributed by atoms with Crippen molar-refractivity contribution in [1.29, 1.82) is 0 Å². The Morgan fingerprint density at radius 1 is 1.24 bits per heavy atom. The molecule has 3 nitrogen and oxygen atoms in total. The third kappa shape index (κ3) is 5.33. The van der Waals surface area contributed by atoms with Crippen molar-refractivity contribution in [3.05, 3.63) is 66.1 Å². The van der Waals surface area contributed by atoms with E-state index >= 15 is 0 Å². The molecule has 3 aromatic rings. The maximum atomic E-state index is 10.9. The molecule has 0 saturated carbocycles. The molecule has 0 saturated heterocycles. The van der Waals surface area contributed by atoms with Crippen LogP contribution in [-0.2, 0) is 31.3 Å². The van der Waals surface area contributed by atoms with Crippen molar-refractivity contribution >= 4 is 27.2 Å². The maximum absolute atomic E-state index is 10.9. The van der Waals surface area contributed by atoms with Crippen LogP contribution in [0.5, 0.6) is 0 Å². The van der Waals surface area contributed by atoms with E-state index in [0.717, 1.165) is 34.5 Å². The second kappa shape index (κ2) is 9.04. The number of ketones is 1. The molecule has 0 bridgehead atoms. The van der Waals surface area contributed by atoms with Crippen molar-refractivity contribution < 1.29 is 30.0 Å². The van der Waals surface area contributed by atoms with Gasteiger partial charge in [-0.3, -0.25) is 9.78 Å². The normalized spacial score (nSPS) is 11.3. The molecule has 1 radical (unpaired) electrons. The van der Waals surface area contributed by atoms with Crippen LogP contribution in [0.1, 0.15) is 25.5 Å². The number of nitrogens with zero attached hydrogens (tertiary/aromatic N) is 1. The summed E-state index contributed by atoms with van der Waals surface area (Å²) in [6, 6.07) is 17.6. The minimum Gasteiger partial charge on any atom is -0.512 e. The minimum atomic E-state index is -0.132. The third-order valence-corrected chi connectivity index (χ3v) is 4.71. The van der Waals surface area contributed by atoms with Gasteiger partial charge in [-0.25, -0.2) is 11.3 Å². The largest absolute Gasteiger partial charge is 0.512 e. The summed E-state index contributed by atoms with van der Waals surface area (Å²) in [5, 5.41) is 10.7. The zero-order chi connectivity index (χ0) is 16.9. The number of aliphatic hydroxyl groups excluding tert-OH is 1. The van der Waals surface area contributed by atoms with Crippen molar-refractivity contribution in [3.63, 3.8) is 0 Å². The molecule has 0 atom stereocenters. The van der Waals surface area contributed by atoms with Crippen molar-refractivity contribution in [2.24, 2.45) is 0 Å². The number of aromatic nitrogens is 1. The van der Waals surface area contributed by atoms with E-state index in [4.69, 9.17) is 4.98 Å². The Morgan fingerprint density at radius 2 is 2.04 bits per heavy atom. The number of allylic oxidation sites excluding steroid dienone is 2. The van der Waals surface area contributed by atoms with Gasteiger partial charge in [0.05, 0.1) is 5.76 Å². The molecule has 3 rings (SSSR count). The summed E-state index contributed by atoms with van der Waals surface area (Å²) in [5.74, 6) is 0.00409. The van der Waals surface area contributed by atoms with Crippen molar-refractivity contribution in [1.82, 2.24) is 4.98 Å². The molecule has 0 aliphatic rings. The molecule has 25 heavy (non-hydrogen) atoms. The maximum Gasteiger partial charge on any atom is 0.155 e. The van der Waals surface area contributed by atoms with Gasteiger partial charge in [-0.1, -0.05) is 24.3 Å². The standard InChI is InChI=1S/C20H18NO2S.Ir/c1-14(22)12-17(23)9-4-7-16-8-5-10-18(21-16)20-13-15-6-2-3-11-19(15)24-20;/h2-3,5-6,8,10-12,23H,4,7,9H2,1H3;/q-1;. The summed E-state index contributed by atoms with van der Waals surface area (Å²) in [6.45, 7) is 1.43. The number of carbonyl (C=O) groups excluding carboxylic acids is 1. The van der Waals surface area contributed by atoms with E-state index in [1.807, 2.05) is 30.3 Å². The molecule has 0 aliphatic heterocycles. The third-order valence-electron chi connectivity index (χ3n) is 3.62. The van der Waals surface area contributed by atoms with Gasteiger partial charge in [0.25, 0.3) is 0 Å². The number of carbonyl (C=O) groups is 1. The van der Waals surface area contributed by atoms with Gasteiger partial charge >= 0.3 is 0 Å². The number of rotatable bonds is 6. The SMILES string of the molecule is CC(=O)C=C(O)CCCc1cccc(-c2[c-]c3ccccc3s2)n1.[Ir]. The number of hydrogen-bond donors (Lipinski definition) is 1. The van der Waals surface area contributed by atoms with Crippen molar-refractivity contribution in [2.45, 2.75) is 26.2 Å². The predicted octanol–water partition coefficient (Wildman–Crippen LogP) is 5.11. The smallest absolute Gasteiger partial charge is 0.155 e. The Bertz CT molecular complexity index is 868. The number of aliphatic hydroxyl groups is 1. The van der Waals surface area contributed by atoms with E-state index in [2.05, 4.69) is 18.2 Å². The van der Waals surface area contributed by atoms with Crippen LogP contribution in [0, 0.1) is 6.07 Å². The molecule has 0 fully saturated rings. The number of benzene rings is 1. The van der Waals surface area contributed by atoms with Crippen LogP contribution < -0.4 is 0 Å². The first-order valence-corrected chi connectivity index (χ1v) is 8.71. The second-order valence-electron chi connectivity index (χ2n) is 5.67. The molecule has 5 heteroatoms. The summed E-state index contributed by atoms with van der Waals surface area (Å²) in [5.41, 5.74) is 1.91. The molecular formula is C20H18IrNO2S-. The van der Waals surface area contributed by atoms with E-state index in [1.165, 1.54) is 17.7 Å². The second-order valence-corrected chi connectivity index (χ2v) is 6.72. The van der Waals surface area contributed by atoms with E-state index in [-0.39, 0.29) is 31.6 Å². The average molecular weight is 529 g/mol. The van der Waals surface area contributed by atoms with Gasteiger partial charge in [0.2, 0.25) is 0 Å². The number of thiophene rings is 1. The topological polar surface area (TPSA) is 50.2 Å². The van der Waals surface area contributed by atoms with E-state index in [0.29, 0.717) is 6.42 Å². The molecule has 1 aromatic carbocycles. The predicted molar refractivity (Wildman–Crippen MR) is 98.2 cm³/mol. The van der Waals surface area contributed by atoms with E-state index in [9.17, 15) is 9.90 Å². The molecule has 0 spiro atoms. The van der Waals surface area contributed by atoms with Crippen LogP contribution in [0.25, 0.3) is 20.7 Å². The summed E-state index contributed by atoms with van der Waals surface area (Å²) in [7, 11) is 0. The van der Waals surface area contributed by atoms with E-state index in [1.54, 1.807) is 11.3 Å². The van der Waals surface area contributed by atoms with Crippen LogP contribution in [0.15, 0.2) is 54.3 Å². The summed E-state index contributed by atoms with van der Waals surface area (Å²) < 4.78 is 1.21. The first kappa shape index (κ1) is 19.5. The molecule has 1 N–H and O–H groups in total. The van der Waals surface area contributed by atoms with Gasteiger partial charge in [0, 0.05) is 44.0 Å². The number of hydrogen-bond acceptors (Lipinski definition) is 4. The molecule has 0 amide bonds. The quantitative estimate of drug-likeness (QED) is 0.275. The van der Waals surface area contributed by atoms with Crippen LogP contribution in [0.4, 0.5) is 0 Å². The summed E-state index contributed by atoms with van der Waals surface area (Å²) in [4.78, 5) is 16.7. The minimum absolute atomic E-state index is 0. The van der Waals surface area contributed by atoms with Crippen molar-refractivity contribution in [2.75, 3.05) is 0 Å². The Labute approximate surface area is 164 Å². The molecular weight excluding hydrogens is 511 g/mol. The van der Waals surface area contributed by atoms with Gasteiger partial charge in [0.1, 0.15) is 0 Å². The Kier molecular flexibility index (Phi) is 7.06. The molecule has 131 valence electrons. The van der Waals surface area contributed by atoms with E-state index < -0.39 is 0 Å². The van der Waals surface area contributed by atoms with Gasteiger partial charge in [-0.2, -0.15) is 0 Å². The Morgan fingerprint density at radius 3 is 2.80 bits per heavy atom. The summed E-state index contributed by atoms with van der Waals surface area (Å²) >= 11 is 1.69. The number of aryl methyl sites for hydroxylation is 1. The van der Waals surface area contributed by atoms with Gasteiger partial charge < -0.3 is 5.11 Å². The fourth-order valence-corrected chi connectivity index (χ4v) is 3.51. The molecule has 0 aliphatic carbocycles. The number of pyridine rings is 1. The monoisotopic (exact) mass is 529 g/mol. The Balaban J connectivity index is 0.00000225. The van der Waals surface area contributed by atoms with Crippen LogP contribution in [-0.4, -0.2) is 15.9 Å². The zero-order valence-corrected chi connectivity index (χ0v) is 17.0. The first-order chi connectivity index (χ1) is 11.6. The van der Waals surface area contributed by atoms with Crippen LogP contribution in [0.3, 0.4) is 0 Å². The fraction of sp³-hybridized carbons (Fsp3) is 0.200. The average Bonchev–Trinajstić information content (AvgIpc) is 2.98. The van der Waals surface area contributed by atoms with Crippen LogP contribution >= 0.6 is 11.3 Å². The molecule has 2 heterocycles. The van der Waals surface area contributed by atoms with Gasteiger partial charge in [0.15, 0.2) is 5.78 Å². The zero-order valence-electron chi connectivity index (χ0n) is 13.8. The fourth-order valence-electron chi connectivity index (χ4n) is 2.54.